The van der Waals surface area contributed by atoms with E-state index in [2.05, 4.69) is 110 Å². The predicted octanol–water partition coefficient (Wildman–Crippen LogP) is 4.81. The largest absolute Gasteiger partial charge is 0.299 e. The fraction of sp³-hybridized carbons (Fsp3) is 0.217. The average Bonchev–Trinajstić information content (AvgIpc) is 2.70. The summed E-state index contributed by atoms with van der Waals surface area (Å²) in [6.45, 7) is 3.29. The lowest BCUT2D eigenvalue weighted by Crippen LogP contribution is -2.29. The molecule has 0 aliphatic carbocycles. The van der Waals surface area contributed by atoms with Crippen LogP contribution in [0.5, 0.6) is 0 Å². The highest BCUT2D eigenvalue weighted by atomic mass is 31.1. The summed E-state index contributed by atoms with van der Waals surface area (Å²) in [6, 6.07) is 33.4. The molecular formula is C23H26NP. The second-order valence-corrected chi connectivity index (χ2v) is 8.54. The van der Waals surface area contributed by atoms with Gasteiger partial charge in [0.05, 0.1) is 0 Å². The maximum absolute atomic E-state index is 2.47. The zero-order valence-electron chi connectivity index (χ0n) is 15.0. The molecule has 0 spiro atoms. The Balaban J connectivity index is 1.97. The van der Waals surface area contributed by atoms with Crippen LogP contribution < -0.4 is 10.6 Å². The first kappa shape index (κ1) is 17.9. The molecule has 0 amide bonds. The van der Waals surface area contributed by atoms with Gasteiger partial charge in [-0.15, -0.1) is 0 Å². The summed E-state index contributed by atoms with van der Waals surface area (Å²) >= 11 is 0. The molecular weight excluding hydrogens is 321 g/mol. The molecule has 128 valence electrons. The molecule has 0 heterocycles. The SMILES string of the molecule is CCN(C)C(CP(c1ccccc1)c1ccccc1)c1ccccc1. The van der Waals surface area contributed by atoms with Gasteiger partial charge in [0.15, 0.2) is 0 Å². The lowest BCUT2D eigenvalue weighted by atomic mass is 10.1. The third-order valence-electron chi connectivity index (χ3n) is 4.71. The molecule has 3 aromatic rings. The molecule has 0 N–H and O–H groups in total. The smallest absolute Gasteiger partial charge is 0.0390 e. The van der Waals surface area contributed by atoms with E-state index < -0.39 is 7.92 Å². The number of nitrogens with zero attached hydrogens (tertiary/aromatic N) is 1. The number of hydrogen-bond donors (Lipinski definition) is 0. The summed E-state index contributed by atoms with van der Waals surface area (Å²) in [7, 11) is 1.84. The van der Waals surface area contributed by atoms with Gasteiger partial charge < -0.3 is 0 Å². The average molecular weight is 347 g/mol. The fourth-order valence-electron chi connectivity index (χ4n) is 3.14. The van der Waals surface area contributed by atoms with Crippen molar-refractivity contribution in [2.45, 2.75) is 13.0 Å². The van der Waals surface area contributed by atoms with Crippen LogP contribution in [-0.2, 0) is 0 Å². The van der Waals surface area contributed by atoms with Crippen molar-refractivity contribution in [2.75, 3.05) is 19.8 Å². The molecule has 0 aliphatic heterocycles. The van der Waals surface area contributed by atoms with Gasteiger partial charge >= 0.3 is 0 Å². The van der Waals surface area contributed by atoms with E-state index >= 15 is 0 Å². The summed E-state index contributed by atoms with van der Waals surface area (Å²) < 4.78 is 0. The summed E-state index contributed by atoms with van der Waals surface area (Å²) in [5.74, 6) is 0. The van der Waals surface area contributed by atoms with Gasteiger partial charge in [-0.05, 0) is 43.8 Å². The van der Waals surface area contributed by atoms with E-state index in [9.17, 15) is 0 Å². The predicted molar refractivity (Wildman–Crippen MR) is 111 cm³/mol. The van der Waals surface area contributed by atoms with Gasteiger partial charge in [0.2, 0.25) is 0 Å². The van der Waals surface area contributed by atoms with Crippen molar-refractivity contribution in [1.82, 2.24) is 4.90 Å². The van der Waals surface area contributed by atoms with Crippen LogP contribution in [0.2, 0.25) is 0 Å². The summed E-state index contributed by atoms with van der Waals surface area (Å²) in [5, 5.41) is 2.91. The third kappa shape index (κ3) is 4.57. The highest BCUT2D eigenvalue weighted by Gasteiger charge is 2.23. The normalized spacial score (nSPS) is 12.5. The van der Waals surface area contributed by atoms with Gasteiger partial charge in [-0.2, -0.15) is 0 Å². The standard InChI is InChI=1S/C23H26NP/c1-3-24(2)23(20-13-7-4-8-14-20)19-25(21-15-9-5-10-16-21)22-17-11-6-12-18-22/h4-18,23H,3,19H2,1-2H3. The molecule has 2 heteroatoms. The van der Waals surface area contributed by atoms with E-state index in [0.717, 1.165) is 12.7 Å². The molecule has 0 saturated heterocycles. The molecule has 3 aromatic carbocycles. The Kier molecular flexibility index (Phi) is 6.39. The van der Waals surface area contributed by atoms with Gasteiger partial charge in [-0.3, -0.25) is 4.90 Å². The van der Waals surface area contributed by atoms with Crippen molar-refractivity contribution in [2.24, 2.45) is 0 Å². The molecule has 1 nitrogen and oxygen atoms in total. The number of hydrogen-bond acceptors (Lipinski definition) is 1. The molecule has 0 radical (unpaired) electrons. The zero-order valence-corrected chi connectivity index (χ0v) is 15.9. The van der Waals surface area contributed by atoms with Crippen LogP contribution in [0, 0.1) is 0 Å². The fourth-order valence-corrected chi connectivity index (χ4v) is 5.76. The molecule has 1 unspecified atom stereocenters. The molecule has 3 rings (SSSR count). The second-order valence-electron chi connectivity index (χ2n) is 6.28. The topological polar surface area (TPSA) is 3.24 Å². The van der Waals surface area contributed by atoms with Crippen molar-refractivity contribution in [3.8, 4) is 0 Å². The van der Waals surface area contributed by atoms with Crippen molar-refractivity contribution in [3.63, 3.8) is 0 Å². The first-order chi connectivity index (χ1) is 12.3. The van der Waals surface area contributed by atoms with Crippen LogP contribution in [-0.4, -0.2) is 24.7 Å². The molecule has 1 atom stereocenters. The lowest BCUT2D eigenvalue weighted by molar-refractivity contribution is 0.279. The minimum Gasteiger partial charge on any atom is -0.299 e. The van der Waals surface area contributed by atoms with Crippen LogP contribution in [0.1, 0.15) is 18.5 Å². The quantitative estimate of drug-likeness (QED) is 0.554. The van der Waals surface area contributed by atoms with Crippen LogP contribution in [0.15, 0.2) is 91.0 Å². The molecule has 0 aromatic heterocycles. The molecule has 0 bridgehead atoms. The summed E-state index contributed by atoms with van der Waals surface area (Å²) in [6.07, 6.45) is 1.14. The van der Waals surface area contributed by atoms with Gasteiger partial charge in [0.25, 0.3) is 0 Å². The van der Waals surface area contributed by atoms with E-state index in [4.69, 9.17) is 0 Å². The highest BCUT2D eigenvalue weighted by Crippen LogP contribution is 2.39. The van der Waals surface area contributed by atoms with Crippen LogP contribution >= 0.6 is 7.92 Å². The third-order valence-corrected chi connectivity index (χ3v) is 7.26. The zero-order chi connectivity index (χ0) is 17.5. The number of rotatable bonds is 7. The summed E-state index contributed by atoms with van der Waals surface area (Å²) in [4.78, 5) is 2.47. The monoisotopic (exact) mass is 347 g/mol. The lowest BCUT2D eigenvalue weighted by Gasteiger charge is -2.31. The van der Waals surface area contributed by atoms with Crippen molar-refractivity contribution in [3.05, 3.63) is 96.6 Å². The van der Waals surface area contributed by atoms with Crippen LogP contribution in [0.3, 0.4) is 0 Å². The minimum atomic E-state index is -0.394. The maximum Gasteiger partial charge on any atom is 0.0390 e. The van der Waals surface area contributed by atoms with E-state index in [1.165, 1.54) is 16.2 Å². The molecule has 0 fully saturated rings. The Bertz CT molecular complexity index is 703. The van der Waals surface area contributed by atoms with Crippen molar-refractivity contribution in [1.29, 1.82) is 0 Å². The van der Waals surface area contributed by atoms with E-state index in [0.29, 0.717) is 6.04 Å². The van der Waals surface area contributed by atoms with Gasteiger partial charge in [0, 0.05) is 6.04 Å². The Morgan fingerprint density at radius 1 is 0.720 bits per heavy atom. The van der Waals surface area contributed by atoms with Crippen LogP contribution in [0.4, 0.5) is 0 Å². The van der Waals surface area contributed by atoms with Gasteiger partial charge in [0.1, 0.15) is 0 Å². The minimum absolute atomic E-state index is 0.394. The van der Waals surface area contributed by atoms with E-state index in [1.807, 2.05) is 0 Å². The van der Waals surface area contributed by atoms with Gasteiger partial charge in [-0.1, -0.05) is 97.9 Å². The Morgan fingerprint density at radius 3 is 1.60 bits per heavy atom. The van der Waals surface area contributed by atoms with Crippen molar-refractivity contribution < 1.29 is 0 Å². The second kappa shape index (κ2) is 8.94. The van der Waals surface area contributed by atoms with Crippen molar-refractivity contribution >= 4 is 18.5 Å². The first-order valence-corrected chi connectivity index (χ1v) is 10.4. The molecule has 0 aliphatic rings. The van der Waals surface area contributed by atoms with E-state index in [1.54, 1.807) is 0 Å². The van der Waals surface area contributed by atoms with Gasteiger partial charge in [-0.25, -0.2) is 0 Å². The Hall–Kier alpha value is -1.95. The highest BCUT2D eigenvalue weighted by molar-refractivity contribution is 7.73. The maximum atomic E-state index is 2.47. The molecule has 25 heavy (non-hydrogen) atoms. The summed E-state index contributed by atoms with van der Waals surface area (Å²) in [5.41, 5.74) is 1.41. The Labute approximate surface area is 153 Å². The van der Waals surface area contributed by atoms with Crippen LogP contribution in [0.25, 0.3) is 0 Å². The number of benzene rings is 3. The van der Waals surface area contributed by atoms with E-state index in [-0.39, 0.29) is 0 Å². The molecule has 0 saturated carbocycles. The Morgan fingerprint density at radius 2 is 1.16 bits per heavy atom. The first-order valence-electron chi connectivity index (χ1n) is 8.92.